The highest BCUT2D eigenvalue weighted by Gasteiger charge is 2.25. The van der Waals surface area contributed by atoms with Crippen LogP contribution in [0.25, 0.3) is 11.1 Å². The van der Waals surface area contributed by atoms with Crippen LogP contribution in [0, 0.1) is 0 Å². The number of aldehydes is 1. The third-order valence-corrected chi connectivity index (χ3v) is 7.05. The molecule has 136 valence electrons. The van der Waals surface area contributed by atoms with Crippen molar-refractivity contribution in [2.24, 2.45) is 0 Å². The van der Waals surface area contributed by atoms with Gasteiger partial charge in [-0.2, -0.15) is 0 Å². The SMILES string of the molecule is O=Cc1ccc2c(c1)-c1ccc(OC3CCS(=O)(=O)CC3)cc1CCC2. The highest BCUT2D eigenvalue weighted by Crippen LogP contribution is 2.35. The number of carbonyl (C=O) groups excluding carboxylic acids is 1. The lowest BCUT2D eigenvalue weighted by molar-refractivity contribution is 0.112. The van der Waals surface area contributed by atoms with Gasteiger partial charge < -0.3 is 4.74 Å². The average molecular weight is 370 g/mol. The summed E-state index contributed by atoms with van der Waals surface area (Å²) < 4.78 is 29.2. The maximum Gasteiger partial charge on any atom is 0.150 e. The minimum Gasteiger partial charge on any atom is -0.490 e. The Morgan fingerprint density at radius 3 is 2.46 bits per heavy atom. The number of hydrogen-bond acceptors (Lipinski definition) is 4. The van der Waals surface area contributed by atoms with Crippen molar-refractivity contribution in [1.82, 2.24) is 0 Å². The standard InChI is InChI=1S/C21H22O4S/c22-14-15-4-5-16-2-1-3-17-13-19(6-7-20(17)21(16)12-15)25-18-8-10-26(23,24)11-9-18/h4-7,12-14,18H,1-3,8-11H2. The molecule has 1 aliphatic heterocycles. The lowest BCUT2D eigenvalue weighted by Crippen LogP contribution is -2.30. The van der Waals surface area contributed by atoms with E-state index in [2.05, 4.69) is 18.2 Å². The molecule has 4 rings (SSSR count). The summed E-state index contributed by atoms with van der Waals surface area (Å²) in [6.45, 7) is 0. The van der Waals surface area contributed by atoms with Crippen LogP contribution in [0.2, 0.25) is 0 Å². The highest BCUT2D eigenvalue weighted by atomic mass is 32.2. The second-order valence-electron chi connectivity index (χ2n) is 7.18. The molecule has 0 spiro atoms. The second-order valence-corrected chi connectivity index (χ2v) is 9.48. The Kier molecular flexibility index (Phi) is 4.57. The molecule has 0 N–H and O–H groups in total. The van der Waals surface area contributed by atoms with Crippen molar-refractivity contribution in [2.45, 2.75) is 38.2 Å². The first-order chi connectivity index (χ1) is 12.5. The number of fused-ring (bicyclic) bond motifs is 3. The summed E-state index contributed by atoms with van der Waals surface area (Å²) in [5, 5.41) is 0. The summed E-state index contributed by atoms with van der Waals surface area (Å²) in [6, 6.07) is 12.0. The summed E-state index contributed by atoms with van der Waals surface area (Å²) in [4.78, 5) is 11.1. The van der Waals surface area contributed by atoms with Crippen LogP contribution in [-0.4, -0.2) is 32.3 Å². The van der Waals surface area contributed by atoms with Gasteiger partial charge in [0.25, 0.3) is 0 Å². The molecule has 0 bridgehead atoms. The zero-order valence-corrected chi connectivity index (χ0v) is 15.4. The fourth-order valence-electron chi connectivity index (χ4n) is 3.90. The molecule has 5 heteroatoms. The maximum atomic E-state index is 11.6. The molecule has 0 saturated carbocycles. The molecule has 1 aliphatic carbocycles. The monoisotopic (exact) mass is 370 g/mol. The van der Waals surface area contributed by atoms with E-state index in [1.165, 1.54) is 16.7 Å². The van der Waals surface area contributed by atoms with E-state index in [1.54, 1.807) is 0 Å². The lowest BCUT2D eigenvalue weighted by Gasteiger charge is -2.23. The first-order valence-corrected chi connectivity index (χ1v) is 10.9. The van der Waals surface area contributed by atoms with E-state index in [0.717, 1.165) is 36.9 Å². The molecule has 2 aromatic rings. The van der Waals surface area contributed by atoms with Gasteiger partial charge in [0, 0.05) is 5.56 Å². The Hall–Kier alpha value is -2.14. The number of ether oxygens (including phenoxy) is 1. The Morgan fingerprint density at radius 2 is 1.69 bits per heavy atom. The average Bonchev–Trinajstić information content (AvgIpc) is 2.81. The van der Waals surface area contributed by atoms with Crippen LogP contribution >= 0.6 is 0 Å². The number of aryl methyl sites for hydroxylation is 2. The van der Waals surface area contributed by atoms with E-state index in [9.17, 15) is 13.2 Å². The number of benzene rings is 2. The summed E-state index contributed by atoms with van der Waals surface area (Å²) in [5.74, 6) is 1.23. The molecule has 2 aromatic carbocycles. The van der Waals surface area contributed by atoms with E-state index in [4.69, 9.17) is 4.74 Å². The normalized spacial score (nSPS) is 19.1. The van der Waals surface area contributed by atoms with Crippen molar-refractivity contribution in [3.63, 3.8) is 0 Å². The van der Waals surface area contributed by atoms with Crippen LogP contribution < -0.4 is 4.74 Å². The Bertz CT molecular complexity index is 932. The maximum absolute atomic E-state index is 11.6. The molecule has 4 nitrogen and oxygen atoms in total. The van der Waals surface area contributed by atoms with Crippen molar-refractivity contribution >= 4 is 16.1 Å². The summed E-state index contributed by atoms with van der Waals surface area (Å²) in [6.07, 6.45) is 5.01. The molecule has 0 unspecified atom stereocenters. The van der Waals surface area contributed by atoms with Gasteiger partial charge in [-0.1, -0.05) is 18.2 Å². The van der Waals surface area contributed by atoms with Crippen LogP contribution in [0.1, 0.15) is 40.7 Å². The van der Waals surface area contributed by atoms with Crippen molar-refractivity contribution in [2.75, 3.05) is 11.5 Å². The molecule has 0 aromatic heterocycles. The molecular weight excluding hydrogens is 348 g/mol. The third kappa shape index (κ3) is 3.54. The van der Waals surface area contributed by atoms with Crippen LogP contribution in [0.3, 0.4) is 0 Å². The van der Waals surface area contributed by atoms with Gasteiger partial charge in [0.1, 0.15) is 18.1 Å². The van der Waals surface area contributed by atoms with Gasteiger partial charge in [0.2, 0.25) is 0 Å². The molecule has 0 amide bonds. The number of sulfone groups is 1. The summed E-state index contributed by atoms with van der Waals surface area (Å²) in [5.41, 5.74) is 5.51. The Balaban J connectivity index is 1.61. The van der Waals surface area contributed by atoms with E-state index in [0.29, 0.717) is 18.4 Å². The van der Waals surface area contributed by atoms with Gasteiger partial charge in [0.05, 0.1) is 11.5 Å². The van der Waals surface area contributed by atoms with E-state index < -0.39 is 9.84 Å². The summed E-state index contributed by atoms with van der Waals surface area (Å²) in [7, 11) is -2.88. The van der Waals surface area contributed by atoms with Gasteiger partial charge in [0.15, 0.2) is 9.84 Å². The zero-order chi connectivity index (χ0) is 18.1. The Labute approximate surface area is 154 Å². The molecule has 1 heterocycles. The largest absolute Gasteiger partial charge is 0.490 e. The van der Waals surface area contributed by atoms with Crippen LogP contribution in [0.5, 0.6) is 5.75 Å². The highest BCUT2D eigenvalue weighted by molar-refractivity contribution is 7.91. The van der Waals surface area contributed by atoms with E-state index in [-0.39, 0.29) is 17.6 Å². The van der Waals surface area contributed by atoms with E-state index in [1.807, 2.05) is 18.2 Å². The fraction of sp³-hybridized carbons (Fsp3) is 0.381. The minimum atomic E-state index is -2.88. The quantitative estimate of drug-likeness (QED) is 0.775. The minimum absolute atomic E-state index is 0.0312. The van der Waals surface area contributed by atoms with Gasteiger partial charge in [-0.3, -0.25) is 4.79 Å². The number of carbonyl (C=O) groups is 1. The zero-order valence-electron chi connectivity index (χ0n) is 14.6. The first-order valence-electron chi connectivity index (χ1n) is 9.12. The van der Waals surface area contributed by atoms with Crippen molar-refractivity contribution in [3.05, 3.63) is 53.1 Å². The molecule has 0 radical (unpaired) electrons. The molecule has 1 saturated heterocycles. The van der Waals surface area contributed by atoms with Gasteiger partial charge in [-0.05, 0) is 72.6 Å². The smallest absolute Gasteiger partial charge is 0.150 e. The van der Waals surface area contributed by atoms with Crippen molar-refractivity contribution < 1.29 is 17.9 Å². The first kappa shape index (κ1) is 17.3. The molecule has 1 fully saturated rings. The fourth-order valence-corrected chi connectivity index (χ4v) is 5.35. The molecule has 2 aliphatic rings. The van der Waals surface area contributed by atoms with E-state index >= 15 is 0 Å². The van der Waals surface area contributed by atoms with Gasteiger partial charge in [-0.25, -0.2) is 8.42 Å². The molecular formula is C21H22O4S. The molecule has 26 heavy (non-hydrogen) atoms. The predicted octanol–water partition coefficient (Wildman–Crippen LogP) is 3.61. The number of rotatable bonds is 3. The number of hydrogen-bond donors (Lipinski definition) is 0. The van der Waals surface area contributed by atoms with Crippen LogP contribution in [0.4, 0.5) is 0 Å². The van der Waals surface area contributed by atoms with Gasteiger partial charge >= 0.3 is 0 Å². The Morgan fingerprint density at radius 1 is 0.923 bits per heavy atom. The summed E-state index contributed by atoms with van der Waals surface area (Å²) >= 11 is 0. The molecule has 0 atom stereocenters. The second kappa shape index (κ2) is 6.88. The van der Waals surface area contributed by atoms with Crippen LogP contribution in [0.15, 0.2) is 36.4 Å². The van der Waals surface area contributed by atoms with Crippen molar-refractivity contribution in [1.29, 1.82) is 0 Å². The van der Waals surface area contributed by atoms with Crippen molar-refractivity contribution in [3.8, 4) is 16.9 Å². The third-order valence-electron chi connectivity index (χ3n) is 5.33. The van der Waals surface area contributed by atoms with Crippen LogP contribution in [-0.2, 0) is 22.7 Å². The predicted molar refractivity (Wildman–Crippen MR) is 102 cm³/mol. The topological polar surface area (TPSA) is 60.4 Å². The lowest BCUT2D eigenvalue weighted by atomic mass is 9.95. The van der Waals surface area contributed by atoms with Gasteiger partial charge in [-0.15, -0.1) is 0 Å².